The molecule has 0 bridgehead atoms. The predicted molar refractivity (Wildman–Crippen MR) is 82.6 cm³/mol. The van der Waals surface area contributed by atoms with Gasteiger partial charge >= 0.3 is 11.9 Å². The largest absolute Gasteiger partial charge is 0.472 e. The molecule has 0 aliphatic rings. The molecule has 6 nitrogen and oxygen atoms in total. The molecular weight excluding hydrogens is 318 g/mol. The zero-order valence-electron chi connectivity index (χ0n) is 12.0. The van der Waals surface area contributed by atoms with Crippen molar-refractivity contribution in [1.29, 1.82) is 0 Å². The van der Waals surface area contributed by atoms with Gasteiger partial charge in [-0.3, -0.25) is 0 Å². The fourth-order valence-electron chi connectivity index (χ4n) is 1.82. The maximum absolute atomic E-state index is 12.1. The van der Waals surface area contributed by atoms with Crippen LogP contribution in [0.2, 0.25) is 0 Å². The summed E-state index contributed by atoms with van der Waals surface area (Å²) in [6.45, 7) is 0. The summed E-state index contributed by atoms with van der Waals surface area (Å²) in [5, 5.41) is 2.29. The second-order valence-electron chi connectivity index (χ2n) is 4.46. The Hall–Kier alpha value is -2.93. The lowest BCUT2D eigenvalue weighted by Gasteiger charge is -2.03. The van der Waals surface area contributed by atoms with Crippen molar-refractivity contribution in [1.82, 2.24) is 4.98 Å². The molecule has 0 saturated carbocycles. The fraction of sp³-hybridized carbons (Fsp3) is 0.0625. The van der Waals surface area contributed by atoms with Crippen LogP contribution in [0.1, 0.15) is 20.8 Å². The maximum Gasteiger partial charge on any atom is 0.363 e. The first-order valence-electron chi connectivity index (χ1n) is 6.56. The van der Waals surface area contributed by atoms with E-state index in [0.717, 1.165) is 5.56 Å². The highest BCUT2D eigenvalue weighted by Gasteiger charge is 2.15. The Labute approximate surface area is 135 Å². The van der Waals surface area contributed by atoms with Crippen molar-refractivity contribution in [3.05, 3.63) is 59.5 Å². The molecule has 3 rings (SSSR count). The van der Waals surface area contributed by atoms with Crippen molar-refractivity contribution in [2.24, 2.45) is 0 Å². The average molecular weight is 329 g/mol. The first-order valence-corrected chi connectivity index (χ1v) is 7.44. The third kappa shape index (κ3) is 3.29. The van der Waals surface area contributed by atoms with E-state index in [2.05, 4.69) is 9.72 Å². The molecule has 0 unspecified atom stereocenters. The highest BCUT2D eigenvalue weighted by molar-refractivity contribution is 7.13. The molecule has 7 heteroatoms. The van der Waals surface area contributed by atoms with Gasteiger partial charge in [0, 0.05) is 10.9 Å². The number of nitrogens with zero attached hydrogens (tertiary/aromatic N) is 1. The monoisotopic (exact) mass is 329 g/mol. The molecule has 2 heterocycles. The number of thiazole rings is 1. The van der Waals surface area contributed by atoms with Gasteiger partial charge in [-0.1, -0.05) is 0 Å². The van der Waals surface area contributed by atoms with Crippen LogP contribution in [0.15, 0.2) is 52.7 Å². The second kappa shape index (κ2) is 6.45. The van der Waals surface area contributed by atoms with Crippen molar-refractivity contribution < 1.29 is 23.5 Å². The summed E-state index contributed by atoms with van der Waals surface area (Å²) in [6, 6.07) is 7.85. The Morgan fingerprint density at radius 2 is 1.91 bits per heavy atom. The van der Waals surface area contributed by atoms with E-state index in [-0.39, 0.29) is 5.69 Å². The van der Waals surface area contributed by atoms with Crippen LogP contribution in [0.4, 0.5) is 0 Å². The van der Waals surface area contributed by atoms with E-state index >= 15 is 0 Å². The summed E-state index contributed by atoms with van der Waals surface area (Å²) in [7, 11) is 1.30. The molecule has 0 radical (unpaired) electrons. The maximum atomic E-state index is 12.1. The number of benzene rings is 1. The topological polar surface area (TPSA) is 78.6 Å². The molecule has 0 aliphatic heterocycles. The molecule has 0 saturated heterocycles. The second-order valence-corrected chi connectivity index (χ2v) is 5.31. The van der Waals surface area contributed by atoms with E-state index in [1.807, 2.05) is 0 Å². The molecule has 1 aromatic carbocycles. The highest BCUT2D eigenvalue weighted by atomic mass is 32.1. The number of carbonyl (C=O) groups excluding carboxylic acids is 2. The van der Waals surface area contributed by atoms with Gasteiger partial charge in [0.2, 0.25) is 0 Å². The van der Waals surface area contributed by atoms with Crippen molar-refractivity contribution in [3.8, 4) is 16.3 Å². The fourth-order valence-corrected chi connectivity index (χ4v) is 2.60. The normalized spacial score (nSPS) is 10.3. The van der Waals surface area contributed by atoms with Gasteiger partial charge in [0.1, 0.15) is 17.0 Å². The van der Waals surface area contributed by atoms with E-state index in [0.29, 0.717) is 16.3 Å². The molecule has 2 aromatic heterocycles. The quantitative estimate of drug-likeness (QED) is 0.539. The van der Waals surface area contributed by atoms with Crippen molar-refractivity contribution in [2.75, 3.05) is 7.11 Å². The van der Waals surface area contributed by atoms with Crippen LogP contribution in [0.5, 0.6) is 5.75 Å². The average Bonchev–Trinajstić information content (AvgIpc) is 3.25. The first kappa shape index (κ1) is 15.0. The Bertz CT molecular complexity index is 821. The molecule has 0 fully saturated rings. The van der Waals surface area contributed by atoms with Crippen LogP contribution in [-0.2, 0) is 4.74 Å². The van der Waals surface area contributed by atoms with Crippen LogP contribution >= 0.6 is 11.3 Å². The van der Waals surface area contributed by atoms with Crippen molar-refractivity contribution >= 4 is 23.3 Å². The minimum absolute atomic E-state index is 0.211. The molecule has 0 N–H and O–H groups in total. The van der Waals surface area contributed by atoms with Gasteiger partial charge < -0.3 is 13.9 Å². The molecule has 0 aliphatic carbocycles. The van der Waals surface area contributed by atoms with Crippen LogP contribution in [-0.4, -0.2) is 24.0 Å². The molecule has 0 spiro atoms. The van der Waals surface area contributed by atoms with Gasteiger partial charge in [-0.2, -0.15) is 0 Å². The smallest absolute Gasteiger partial charge is 0.363 e. The number of hydrogen-bond acceptors (Lipinski definition) is 7. The Morgan fingerprint density at radius 3 is 2.57 bits per heavy atom. The van der Waals surface area contributed by atoms with Gasteiger partial charge in [-0.15, -0.1) is 11.3 Å². The van der Waals surface area contributed by atoms with Crippen molar-refractivity contribution in [3.63, 3.8) is 0 Å². The molecule has 23 heavy (non-hydrogen) atoms. The Morgan fingerprint density at radius 1 is 1.13 bits per heavy atom. The SMILES string of the molecule is COC(=O)c1ccc(OC(=O)c2csc(-c3ccoc3)n2)cc1. The van der Waals surface area contributed by atoms with Gasteiger partial charge in [0.25, 0.3) is 0 Å². The number of ether oxygens (including phenoxy) is 2. The standard InChI is InChI=1S/C16H11NO5S/c1-20-15(18)10-2-4-12(5-3-10)22-16(19)13-9-23-14(17-13)11-6-7-21-8-11/h2-9H,1H3. The molecule has 116 valence electrons. The zero-order chi connectivity index (χ0) is 16.2. The number of esters is 2. The van der Waals surface area contributed by atoms with E-state index in [9.17, 15) is 9.59 Å². The third-order valence-corrected chi connectivity index (χ3v) is 3.86. The number of hydrogen-bond donors (Lipinski definition) is 0. The van der Waals surface area contributed by atoms with Gasteiger partial charge in [0.15, 0.2) is 5.69 Å². The van der Waals surface area contributed by atoms with Gasteiger partial charge in [-0.05, 0) is 30.3 Å². The molecular formula is C16H11NO5S. The summed E-state index contributed by atoms with van der Waals surface area (Å²) in [6.07, 6.45) is 3.09. The summed E-state index contributed by atoms with van der Waals surface area (Å²) < 4.78 is 14.8. The van der Waals surface area contributed by atoms with E-state index < -0.39 is 11.9 Å². The number of aromatic nitrogens is 1. The van der Waals surface area contributed by atoms with Crippen LogP contribution in [0.3, 0.4) is 0 Å². The van der Waals surface area contributed by atoms with Crippen LogP contribution < -0.4 is 4.74 Å². The van der Waals surface area contributed by atoms with Crippen LogP contribution in [0, 0.1) is 0 Å². The summed E-state index contributed by atoms with van der Waals surface area (Å²) in [4.78, 5) is 27.6. The van der Waals surface area contributed by atoms with Gasteiger partial charge in [-0.25, -0.2) is 14.6 Å². The van der Waals surface area contributed by atoms with E-state index in [1.165, 1.54) is 49.0 Å². The summed E-state index contributed by atoms with van der Waals surface area (Å²) in [5.41, 5.74) is 1.39. The van der Waals surface area contributed by atoms with Crippen LogP contribution in [0.25, 0.3) is 10.6 Å². The molecule has 0 atom stereocenters. The lowest BCUT2D eigenvalue weighted by Crippen LogP contribution is -2.09. The number of carbonyl (C=O) groups is 2. The third-order valence-electron chi connectivity index (χ3n) is 2.97. The number of methoxy groups -OCH3 is 1. The lowest BCUT2D eigenvalue weighted by atomic mass is 10.2. The molecule has 3 aromatic rings. The van der Waals surface area contributed by atoms with E-state index in [1.54, 1.807) is 17.7 Å². The summed E-state index contributed by atoms with van der Waals surface area (Å²) >= 11 is 1.32. The predicted octanol–water partition coefficient (Wildman–Crippen LogP) is 3.41. The summed E-state index contributed by atoms with van der Waals surface area (Å²) in [5.74, 6) is -0.700. The van der Waals surface area contributed by atoms with E-state index in [4.69, 9.17) is 9.15 Å². The number of rotatable bonds is 4. The number of furan rings is 1. The first-order chi connectivity index (χ1) is 11.2. The lowest BCUT2D eigenvalue weighted by molar-refractivity contribution is 0.0600. The minimum atomic E-state index is -0.568. The highest BCUT2D eigenvalue weighted by Crippen LogP contribution is 2.24. The van der Waals surface area contributed by atoms with Crippen molar-refractivity contribution in [2.45, 2.75) is 0 Å². The Balaban J connectivity index is 1.71. The minimum Gasteiger partial charge on any atom is -0.472 e. The molecule has 0 amide bonds. The van der Waals surface area contributed by atoms with Gasteiger partial charge in [0.05, 0.1) is 18.9 Å². The Kier molecular flexibility index (Phi) is 4.20. The zero-order valence-corrected chi connectivity index (χ0v) is 12.8.